The molecule has 0 fully saturated rings. The molecule has 3 nitrogen and oxygen atoms in total. The van der Waals surface area contributed by atoms with Gasteiger partial charge in [0.05, 0.1) is 11.6 Å². The van der Waals surface area contributed by atoms with Gasteiger partial charge in [-0.15, -0.1) is 0 Å². The molecule has 0 amide bonds. The van der Waals surface area contributed by atoms with Crippen LogP contribution in [-0.2, 0) is 0 Å². The van der Waals surface area contributed by atoms with Gasteiger partial charge in [-0.3, -0.25) is 0 Å². The molecule has 2 heterocycles. The quantitative estimate of drug-likeness (QED) is 0.609. The first-order valence-corrected chi connectivity index (χ1v) is 3.52. The molecular weight excluding hydrogens is 196 g/mol. The number of halogens is 1. The first kappa shape index (κ1) is 5.85. The van der Waals surface area contributed by atoms with E-state index < -0.39 is 0 Å². The summed E-state index contributed by atoms with van der Waals surface area (Å²) in [5.74, 6) is 0. The number of rotatable bonds is 0. The summed E-state index contributed by atoms with van der Waals surface area (Å²) >= 11 is 3.26. The van der Waals surface area contributed by atoms with E-state index in [-0.39, 0.29) is 0 Å². The van der Waals surface area contributed by atoms with Crippen molar-refractivity contribution in [2.75, 3.05) is 0 Å². The summed E-state index contributed by atoms with van der Waals surface area (Å²) in [6.45, 7) is 0. The number of hydrogen-bond acceptors (Lipinski definition) is 3. The summed E-state index contributed by atoms with van der Waals surface area (Å²) in [5.41, 5.74) is 0.752. The molecule has 4 heteroatoms. The molecule has 0 aliphatic rings. The van der Waals surface area contributed by atoms with Crippen molar-refractivity contribution >= 4 is 26.9 Å². The normalized spacial score (nSPS) is 10.5. The van der Waals surface area contributed by atoms with Crippen molar-refractivity contribution in [2.24, 2.45) is 0 Å². The summed E-state index contributed by atoms with van der Waals surface area (Å²) < 4.78 is 5.65. The smallest absolute Gasteiger partial charge is 0.171 e. The van der Waals surface area contributed by atoms with Crippen molar-refractivity contribution in [3.8, 4) is 0 Å². The standard InChI is InChI=1S/C6H3BrN2O/c7-6-4-3-9-10-5(4)1-2-8-6/h1-3H. The lowest BCUT2D eigenvalue weighted by atomic mass is 10.4. The van der Waals surface area contributed by atoms with Crippen molar-refractivity contribution in [2.45, 2.75) is 0 Å². The molecule has 2 rings (SSSR count). The fourth-order valence-electron chi connectivity index (χ4n) is 0.764. The van der Waals surface area contributed by atoms with Crippen LogP contribution >= 0.6 is 15.9 Å². The van der Waals surface area contributed by atoms with E-state index in [1.54, 1.807) is 18.5 Å². The lowest BCUT2D eigenvalue weighted by molar-refractivity contribution is 0.456. The molecule has 0 N–H and O–H groups in total. The monoisotopic (exact) mass is 198 g/mol. The highest BCUT2D eigenvalue weighted by Gasteiger charge is 2.00. The maximum atomic E-state index is 4.88. The third-order valence-electron chi connectivity index (χ3n) is 1.23. The molecule has 2 aromatic heterocycles. The van der Waals surface area contributed by atoms with E-state index >= 15 is 0 Å². The molecule has 2 aromatic rings. The molecule has 0 saturated heterocycles. The Morgan fingerprint density at radius 2 is 2.40 bits per heavy atom. The van der Waals surface area contributed by atoms with Crippen LogP contribution in [0, 0.1) is 0 Å². The molecule has 0 unspecified atom stereocenters. The Morgan fingerprint density at radius 3 is 3.20 bits per heavy atom. The van der Waals surface area contributed by atoms with Crippen LogP contribution in [0.4, 0.5) is 0 Å². The Kier molecular flexibility index (Phi) is 1.20. The molecule has 0 radical (unpaired) electrons. The minimum atomic E-state index is 0.752. The van der Waals surface area contributed by atoms with Crippen molar-refractivity contribution in [1.82, 2.24) is 10.1 Å². The number of pyridine rings is 1. The Hall–Kier alpha value is -0.900. The van der Waals surface area contributed by atoms with Gasteiger partial charge in [0.15, 0.2) is 5.58 Å². The van der Waals surface area contributed by atoms with Gasteiger partial charge in [0.25, 0.3) is 0 Å². The van der Waals surface area contributed by atoms with E-state index in [9.17, 15) is 0 Å². The highest BCUT2D eigenvalue weighted by atomic mass is 79.9. The lowest BCUT2D eigenvalue weighted by Gasteiger charge is -1.86. The van der Waals surface area contributed by atoms with Gasteiger partial charge in [0, 0.05) is 12.3 Å². The zero-order valence-corrected chi connectivity index (χ0v) is 6.50. The largest absolute Gasteiger partial charge is 0.356 e. The van der Waals surface area contributed by atoms with Gasteiger partial charge in [-0.25, -0.2) is 4.98 Å². The highest BCUT2D eigenvalue weighted by molar-refractivity contribution is 9.10. The van der Waals surface area contributed by atoms with E-state index in [0.717, 1.165) is 15.6 Å². The molecule has 0 aliphatic carbocycles. The van der Waals surface area contributed by atoms with Crippen LogP contribution in [0.2, 0.25) is 0 Å². The zero-order chi connectivity index (χ0) is 6.97. The Balaban J connectivity index is 2.95. The van der Waals surface area contributed by atoms with E-state index in [0.29, 0.717) is 0 Å². The zero-order valence-electron chi connectivity index (χ0n) is 4.91. The number of fused-ring (bicyclic) bond motifs is 1. The number of hydrogen-bond donors (Lipinski definition) is 0. The highest BCUT2D eigenvalue weighted by Crippen LogP contribution is 2.19. The minimum Gasteiger partial charge on any atom is -0.356 e. The molecule has 0 atom stereocenters. The lowest BCUT2D eigenvalue weighted by Crippen LogP contribution is -1.71. The number of aromatic nitrogens is 2. The molecule has 0 bridgehead atoms. The fourth-order valence-corrected chi connectivity index (χ4v) is 1.18. The van der Waals surface area contributed by atoms with Gasteiger partial charge in [0.1, 0.15) is 4.60 Å². The van der Waals surface area contributed by atoms with Crippen LogP contribution in [0.1, 0.15) is 0 Å². The van der Waals surface area contributed by atoms with Crippen molar-refractivity contribution in [3.05, 3.63) is 23.1 Å². The van der Waals surface area contributed by atoms with Gasteiger partial charge < -0.3 is 4.52 Å². The average Bonchev–Trinajstić information content (AvgIpc) is 2.36. The SMILES string of the molecule is Brc1nccc2oncc12. The molecule has 50 valence electrons. The molecule has 0 aromatic carbocycles. The van der Waals surface area contributed by atoms with E-state index in [1.807, 2.05) is 0 Å². The second kappa shape index (κ2) is 2.05. The third-order valence-corrected chi connectivity index (χ3v) is 1.87. The van der Waals surface area contributed by atoms with Crippen LogP contribution in [0.3, 0.4) is 0 Å². The van der Waals surface area contributed by atoms with Crippen LogP contribution in [0.5, 0.6) is 0 Å². The summed E-state index contributed by atoms with van der Waals surface area (Å²) in [6, 6.07) is 1.77. The van der Waals surface area contributed by atoms with E-state index in [2.05, 4.69) is 26.1 Å². The van der Waals surface area contributed by atoms with Crippen molar-refractivity contribution < 1.29 is 4.52 Å². The van der Waals surface area contributed by atoms with Gasteiger partial charge in [-0.05, 0) is 15.9 Å². The van der Waals surface area contributed by atoms with Gasteiger partial charge in [-0.1, -0.05) is 5.16 Å². The fraction of sp³-hybridized carbons (Fsp3) is 0. The predicted octanol–water partition coefficient (Wildman–Crippen LogP) is 1.99. The van der Waals surface area contributed by atoms with Crippen LogP contribution in [0.15, 0.2) is 27.6 Å². The van der Waals surface area contributed by atoms with Crippen molar-refractivity contribution in [1.29, 1.82) is 0 Å². The second-order valence-corrected chi connectivity index (χ2v) is 2.59. The van der Waals surface area contributed by atoms with E-state index in [1.165, 1.54) is 0 Å². The predicted molar refractivity (Wildman–Crippen MR) is 39.5 cm³/mol. The second-order valence-electron chi connectivity index (χ2n) is 1.84. The van der Waals surface area contributed by atoms with Gasteiger partial charge in [-0.2, -0.15) is 0 Å². The molecular formula is C6H3BrN2O. The summed E-state index contributed by atoms with van der Waals surface area (Å²) in [6.07, 6.45) is 3.30. The Morgan fingerprint density at radius 1 is 1.50 bits per heavy atom. The summed E-state index contributed by atoms with van der Waals surface area (Å²) in [5, 5.41) is 4.52. The van der Waals surface area contributed by atoms with Crippen molar-refractivity contribution in [3.63, 3.8) is 0 Å². The molecule has 0 spiro atoms. The van der Waals surface area contributed by atoms with Gasteiger partial charge >= 0.3 is 0 Å². The van der Waals surface area contributed by atoms with Crippen LogP contribution in [0.25, 0.3) is 11.0 Å². The summed E-state index contributed by atoms with van der Waals surface area (Å²) in [4.78, 5) is 4.00. The molecule has 10 heavy (non-hydrogen) atoms. The van der Waals surface area contributed by atoms with Crippen LogP contribution in [-0.4, -0.2) is 10.1 Å². The summed E-state index contributed by atoms with van der Waals surface area (Å²) in [7, 11) is 0. The van der Waals surface area contributed by atoms with Gasteiger partial charge in [0.2, 0.25) is 0 Å². The number of nitrogens with zero attached hydrogens (tertiary/aromatic N) is 2. The first-order chi connectivity index (χ1) is 4.88. The third kappa shape index (κ3) is 0.724. The maximum absolute atomic E-state index is 4.88. The average molecular weight is 199 g/mol. The topological polar surface area (TPSA) is 38.9 Å². The molecule has 0 saturated carbocycles. The minimum absolute atomic E-state index is 0.752. The Bertz CT molecular complexity index is 357. The Labute approximate surface area is 65.2 Å². The maximum Gasteiger partial charge on any atom is 0.171 e. The van der Waals surface area contributed by atoms with E-state index in [4.69, 9.17) is 4.52 Å². The first-order valence-electron chi connectivity index (χ1n) is 2.73. The molecule has 0 aliphatic heterocycles. The van der Waals surface area contributed by atoms with Crippen LogP contribution < -0.4 is 0 Å².